The number of rotatable bonds is 7. The fraction of sp³-hybridized carbons (Fsp3) is 0.350. The fourth-order valence-corrected chi connectivity index (χ4v) is 2.98. The van der Waals surface area contributed by atoms with E-state index in [2.05, 4.69) is 6.07 Å². The van der Waals surface area contributed by atoms with Gasteiger partial charge in [-0.1, -0.05) is 18.2 Å². The van der Waals surface area contributed by atoms with Crippen molar-refractivity contribution in [3.05, 3.63) is 54.1 Å². The smallest absolute Gasteiger partial charge is 0.241 e. The van der Waals surface area contributed by atoms with E-state index < -0.39 is 0 Å². The number of carbonyl (C=O) groups excluding carboxylic acids is 1. The summed E-state index contributed by atoms with van der Waals surface area (Å²) in [6, 6.07) is 15.6. The van der Waals surface area contributed by atoms with Gasteiger partial charge in [0.05, 0.1) is 13.7 Å². The first-order valence-corrected chi connectivity index (χ1v) is 8.51. The Balaban J connectivity index is 1.44. The average Bonchev–Trinajstić information content (AvgIpc) is 3.06. The highest BCUT2D eigenvalue weighted by atomic mass is 16.5. The monoisotopic (exact) mass is 340 g/mol. The summed E-state index contributed by atoms with van der Waals surface area (Å²) in [5, 5.41) is 0. The molecular weight excluding hydrogens is 316 g/mol. The van der Waals surface area contributed by atoms with Crippen LogP contribution in [0.5, 0.6) is 11.5 Å². The van der Waals surface area contributed by atoms with Gasteiger partial charge in [0.2, 0.25) is 5.91 Å². The van der Waals surface area contributed by atoms with E-state index in [4.69, 9.17) is 9.47 Å². The van der Waals surface area contributed by atoms with Crippen molar-refractivity contribution in [3.8, 4) is 11.5 Å². The third-order valence-electron chi connectivity index (χ3n) is 4.39. The van der Waals surface area contributed by atoms with Crippen LogP contribution in [0.25, 0.3) is 0 Å². The minimum absolute atomic E-state index is 0.136. The van der Waals surface area contributed by atoms with Gasteiger partial charge in [-0.05, 0) is 49.4 Å². The summed E-state index contributed by atoms with van der Waals surface area (Å²) in [6.07, 6.45) is 0.937. The number of likely N-dealkylation sites (N-methyl/N-ethyl adjacent to an activating group) is 1. The van der Waals surface area contributed by atoms with Crippen molar-refractivity contribution >= 4 is 11.6 Å². The van der Waals surface area contributed by atoms with E-state index >= 15 is 0 Å². The zero-order valence-corrected chi connectivity index (χ0v) is 14.8. The molecule has 1 aliphatic heterocycles. The standard InChI is InChI=1S/C20H24N2O3/c1-21(13-14-25-18-9-7-17(24-2)8-10-18)15-20(23)22-12-11-16-5-3-4-6-19(16)22/h3-10H,11-15H2,1-2H3. The number of carbonyl (C=O) groups is 1. The lowest BCUT2D eigenvalue weighted by atomic mass is 10.2. The maximum atomic E-state index is 12.6. The van der Waals surface area contributed by atoms with Gasteiger partial charge < -0.3 is 14.4 Å². The van der Waals surface area contributed by atoms with Crippen LogP contribution in [-0.2, 0) is 11.2 Å². The highest BCUT2D eigenvalue weighted by molar-refractivity contribution is 5.96. The van der Waals surface area contributed by atoms with Crippen molar-refractivity contribution in [2.75, 3.05) is 45.3 Å². The van der Waals surface area contributed by atoms with Crippen molar-refractivity contribution in [1.82, 2.24) is 4.90 Å². The Morgan fingerprint density at radius 1 is 1.12 bits per heavy atom. The SMILES string of the molecule is COc1ccc(OCCN(C)CC(=O)N2CCc3ccccc32)cc1. The molecule has 0 aromatic heterocycles. The summed E-state index contributed by atoms with van der Waals surface area (Å²) in [7, 11) is 3.58. The summed E-state index contributed by atoms with van der Waals surface area (Å²) < 4.78 is 10.8. The van der Waals surface area contributed by atoms with Gasteiger partial charge in [0.15, 0.2) is 0 Å². The lowest BCUT2D eigenvalue weighted by Gasteiger charge is -2.22. The third kappa shape index (κ3) is 4.31. The molecule has 0 bridgehead atoms. The summed E-state index contributed by atoms with van der Waals surface area (Å²) in [5.41, 5.74) is 2.30. The maximum absolute atomic E-state index is 12.6. The number of benzene rings is 2. The molecule has 0 N–H and O–H groups in total. The van der Waals surface area contributed by atoms with E-state index in [1.807, 2.05) is 59.3 Å². The van der Waals surface area contributed by atoms with Crippen LogP contribution in [0, 0.1) is 0 Å². The van der Waals surface area contributed by atoms with Crippen LogP contribution in [0.4, 0.5) is 5.69 Å². The molecule has 0 saturated carbocycles. The number of hydrogen-bond acceptors (Lipinski definition) is 4. The normalized spacial score (nSPS) is 13.0. The predicted molar refractivity (Wildman–Crippen MR) is 98.5 cm³/mol. The van der Waals surface area contributed by atoms with E-state index in [9.17, 15) is 4.79 Å². The fourth-order valence-electron chi connectivity index (χ4n) is 2.98. The van der Waals surface area contributed by atoms with Crippen LogP contribution in [0.3, 0.4) is 0 Å². The molecule has 25 heavy (non-hydrogen) atoms. The van der Waals surface area contributed by atoms with Gasteiger partial charge in [0.1, 0.15) is 18.1 Å². The molecule has 2 aromatic rings. The second-order valence-corrected chi connectivity index (χ2v) is 6.19. The van der Waals surface area contributed by atoms with Crippen LogP contribution in [0.1, 0.15) is 5.56 Å². The Labute approximate surface area is 148 Å². The van der Waals surface area contributed by atoms with Gasteiger partial charge in [-0.3, -0.25) is 9.69 Å². The Kier molecular flexibility index (Phi) is 5.56. The molecule has 0 saturated heterocycles. The Hall–Kier alpha value is -2.53. The first-order valence-electron chi connectivity index (χ1n) is 8.51. The van der Waals surface area contributed by atoms with E-state index in [1.54, 1.807) is 7.11 Å². The van der Waals surface area contributed by atoms with E-state index in [-0.39, 0.29) is 5.91 Å². The second-order valence-electron chi connectivity index (χ2n) is 6.19. The van der Waals surface area contributed by atoms with Crippen molar-refractivity contribution < 1.29 is 14.3 Å². The van der Waals surface area contributed by atoms with Crippen LogP contribution in [0.15, 0.2) is 48.5 Å². The number of anilines is 1. The van der Waals surface area contributed by atoms with Gasteiger partial charge in [-0.15, -0.1) is 0 Å². The first kappa shape index (κ1) is 17.3. The number of amides is 1. The van der Waals surface area contributed by atoms with Gasteiger partial charge >= 0.3 is 0 Å². The average molecular weight is 340 g/mol. The molecule has 3 rings (SSSR count). The van der Waals surface area contributed by atoms with Crippen LogP contribution < -0.4 is 14.4 Å². The molecular formula is C20H24N2O3. The summed E-state index contributed by atoms with van der Waals surface area (Å²) in [4.78, 5) is 16.4. The first-order chi connectivity index (χ1) is 12.2. The second kappa shape index (κ2) is 8.03. The maximum Gasteiger partial charge on any atom is 0.241 e. The van der Waals surface area contributed by atoms with Gasteiger partial charge in [0.25, 0.3) is 0 Å². The van der Waals surface area contributed by atoms with Gasteiger partial charge in [-0.25, -0.2) is 0 Å². The molecule has 2 aromatic carbocycles. The topological polar surface area (TPSA) is 42.0 Å². The molecule has 0 unspecified atom stereocenters. The number of fused-ring (bicyclic) bond motifs is 1. The molecule has 1 heterocycles. The molecule has 0 aliphatic carbocycles. The molecule has 1 amide bonds. The number of methoxy groups -OCH3 is 1. The van der Waals surface area contributed by atoms with E-state index in [0.717, 1.165) is 30.2 Å². The van der Waals surface area contributed by atoms with Crippen LogP contribution >= 0.6 is 0 Å². The molecule has 0 spiro atoms. The largest absolute Gasteiger partial charge is 0.497 e. The Morgan fingerprint density at radius 2 is 1.84 bits per heavy atom. The molecule has 1 aliphatic rings. The summed E-state index contributed by atoms with van der Waals surface area (Å²) in [5.74, 6) is 1.74. The van der Waals surface area contributed by atoms with Gasteiger partial charge in [-0.2, -0.15) is 0 Å². The van der Waals surface area contributed by atoms with Crippen molar-refractivity contribution in [1.29, 1.82) is 0 Å². The van der Waals surface area contributed by atoms with Crippen molar-refractivity contribution in [3.63, 3.8) is 0 Å². The van der Waals surface area contributed by atoms with Gasteiger partial charge in [0, 0.05) is 18.8 Å². The Morgan fingerprint density at radius 3 is 2.60 bits per heavy atom. The summed E-state index contributed by atoms with van der Waals surface area (Å²) >= 11 is 0. The number of nitrogens with zero attached hydrogens (tertiary/aromatic N) is 2. The minimum Gasteiger partial charge on any atom is -0.497 e. The molecule has 5 heteroatoms. The molecule has 132 valence electrons. The Bertz CT molecular complexity index is 715. The molecule has 5 nitrogen and oxygen atoms in total. The zero-order chi connectivity index (χ0) is 17.6. The van der Waals surface area contributed by atoms with Crippen LogP contribution in [-0.4, -0.2) is 51.2 Å². The molecule has 0 atom stereocenters. The van der Waals surface area contributed by atoms with Crippen molar-refractivity contribution in [2.45, 2.75) is 6.42 Å². The van der Waals surface area contributed by atoms with Crippen molar-refractivity contribution in [2.24, 2.45) is 0 Å². The lowest BCUT2D eigenvalue weighted by molar-refractivity contribution is -0.119. The molecule has 0 radical (unpaired) electrons. The van der Waals surface area contributed by atoms with E-state index in [1.165, 1.54) is 5.56 Å². The molecule has 0 fully saturated rings. The summed E-state index contributed by atoms with van der Waals surface area (Å²) in [6.45, 7) is 2.38. The lowest BCUT2D eigenvalue weighted by Crippen LogP contribution is -2.39. The third-order valence-corrected chi connectivity index (χ3v) is 4.39. The number of hydrogen-bond donors (Lipinski definition) is 0. The highest BCUT2D eigenvalue weighted by Gasteiger charge is 2.24. The highest BCUT2D eigenvalue weighted by Crippen LogP contribution is 2.27. The predicted octanol–water partition coefficient (Wildman–Crippen LogP) is 2.60. The van der Waals surface area contributed by atoms with E-state index in [0.29, 0.717) is 19.7 Å². The number of ether oxygens (including phenoxy) is 2. The number of para-hydroxylation sites is 1. The van der Waals surface area contributed by atoms with Crippen LogP contribution in [0.2, 0.25) is 0 Å². The minimum atomic E-state index is 0.136. The zero-order valence-electron chi connectivity index (χ0n) is 14.8. The quantitative estimate of drug-likeness (QED) is 0.777.